The van der Waals surface area contributed by atoms with Crippen LogP contribution >= 0.6 is 0 Å². The maximum Gasteiger partial charge on any atom is 0.263 e. The van der Waals surface area contributed by atoms with Gasteiger partial charge in [-0.3, -0.25) is 14.4 Å². The van der Waals surface area contributed by atoms with Crippen molar-refractivity contribution in [3.63, 3.8) is 0 Å². The second-order valence-corrected chi connectivity index (χ2v) is 7.24. The normalized spacial score (nSPS) is 12.3. The van der Waals surface area contributed by atoms with Crippen molar-refractivity contribution in [3.05, 3.63) is 87.2 Å². The van der Waals surface area contributed by atoms with Gasteiger partial charge < -0.3 is 19.9 Å². The van der Waals surface area contributed by atoms with Gasteiger partial charge in [0.05, 0.1) is 31.4 Å². The molecule has 0 saturated carbocycles. The zero-order valence-electron chi connectivity index (χ0n) is 17.0. The quantitative estimate of drug-likeness (QED) is 0.417. The summed E-state index contributed by atoms with van der Waals surface area (Å²) >= 11 is 0. The number of halogens is 3. The van der Waals surface area contributed by atoms with E-state index in [2.05, 4.69) is 15.6 Å². The third-order valence-corrected chi connectivity index (χ3v) is 4.89. The van der Waals surface area contributed by atoms with Crippen LogP contribution in [-0.2, 0) is 17.8 Å². The van der Waals surface area contributed by atoms with E-state index in [1.54, 1.807) is 6.07 Å². The highest BCUT2D eigenvalue weighted by Gasteiger charge is 2.19. The van der Waals surface area contributed by atoms with Crippen LogP contribution in [0, 0.1) is 17.5 Å². The van der Waals surface area contributed by atoms with Gasteiger partial charge in [0.1, 0.15) is 12.2 Å². The fraction of sp³-hybridized carbons (Fsp3) is 0.182. The minimum atomic E-state index is -1.60. The summed E-state index contributed by atoms with van der Waals surface area (Å²) in [6.07, 6.45) is 3.07. The molecule has 4 rings (SSSR count). The molecule has 2 N–H and O–H groups in total. The third kappa shape index (κ3) is 4.86. The lowest BCUT2D eigenvalue weighted by molar-refractivity contribution is -0.115. The Bertz CT molecular complexity index is 1290. The fourth-order valence-corrected chi connectivity index (χ4v) is 3.33. The first-order chi connectivity index (χ1) is 15.8. The van der Waals surface area contributed by atoms with Crippen LogP contribution in [0.4, 0.5) is 18.9 Å². The van der Waals surface area contributed by atoms with Crippen molar-refractivity contribution in [1.82, 2.24) is 14.9 Å². The highest BCUT2D eigenvalue weighted by Crippen LogP contribution is 2.24. The summed E-state index contributed by atoms with van der Waals surface area (Å²) in [4.78, 5) is 40.5. The van der Waals surface area contributed by atoms with Gasteiger partial charge in [0.2, 0.25) is 11.8 Å². The van der Waals surface area contributed by atoms with Gasteiger partial charge in [-0.2, -0.15) is 0 Å². The largest absolute Gasteiger partial charge is 0.476 e. The topological polar surface area (TPSA) is 102 Å². The summed E-state index contributed by atoms with van der Waals surface area (Å²) in [7, 11) is 0. The molecule has 0 spiro atoms. The molecule has 3 aromatic rings. The minimum Gasteiger partial charge on any atom is -0.476 e. The molecule has 0 fully saturated rings. The molecule has 0 aliphatic carbocycles. The first kappa shape index (κ1) is 22.1. The maximum absolute atomic E-state index is 13.4. The number of aromatic nitrogens is 2. The van der Waals surface area contributed by atoms with Crippen molar-refractivity contribution in [1.29, 1.82) is 0 Å². The van der Waals surface area contributed by atoms with E-state index in [9.17, 15) is 27.6 Å². The highest BCUT2D eigenvalue weighted by molar-refractivity contribution is 5.98. The van der Waals surface area contributed by atoms with Gasteiger partial charge in [0.15, 0.2) is 17.5 Å². The maximum atomic E-state index is 13.4. The summed E-state index contributed by atoms with van der Waals surface area (Å²) in [5.41, 5.74) is 0.560. The lowest BCUT2D eigenvalue weighted by Gasteiger charge is -2.10. The van der Waals surface area contributed by atoms with Gasteiger partial charge in [-0.05, 0) is 35.4 Å². The molecular weight excluding hydrogens is 441 g/mol. The van der Waals surface area contributed by atoms with Gasteiger partial charge in [0.25, 0.3) is 11.5 Å². The smallest absolute Gasteiger partial charge is 0.263 e. The van der Waals surface area contributed by atoms with Crippen molar-refractivity contribution in [2.75, 3.05) is 18.5 Å². The van der Waals surface area contributed by atoms with Gasteiger partial charge >= 0.3 is 0 Å². The van der Waals surface area contributed by atoms with Crippen LogP contribution in [-0.4, -0.2) is 34.5 Å². The Morgan fingerprint density at radius 3 is 2.70 bits per heavy atom. The van der Waals surface area contributed by atoms with E-state index in [1.165, 1.54) is 24.5 Å². The van der Waals surface area contributed by atoms with E-state index in [0.717, 1.165) is 22.3 Å². The molecule has 0 saturated heterocycles. The second-order valence-electron chi connectivity index (χ2n) is 7.24. The van der Waals surface area contributed by atoms with Crippen molar-refractivity contribution >= 4 is 17.5 Å². The Morgan fingerprint density at radius 1 is 1.18 bits per heavy atom. The SMILES string of the molecule is O=C1Cc2cc(OCCNC(=O)c3cccn(Cc4cc(F)c(F)c(F)c4)c3=O)ncc2N1. The summed E-state index contributed by atoms with van der Waals surface area (Å²) < 4.78 is 46.5. The molecule has 0 unspecified atom stereocenters. The number of anilines is 1. The Labute approximate surface area is 185 Å². The zero-order chi connectivity index (χ0) is 23.5. The van der Waals surface area contributed by atoms with E-state index >= 15 is 0 Å². The summed E-state index contributed by atoms with van der Waals surface area (Å²) in [6.45, 7) is -0.121. The molecule has 0 atom stereocenters. The van der Waals surface area contributed by atoms with Crippen molar-refractivity contribution in [2.24, 2.45) is 0 Å². The molecule has 11 heteroatoms. The monoisotopic (exact) mass is 458 g/mol. The molecule has 2 aromatic heterocycles. The van der Waals surface area contributed by atoms with Crippen LogP contribution in [0.3, 0.4) is 0 Å². The van der Waals surface area contributed by atoms with E-state index in [0.29, 0.717) is 11.6 Å². The number of nitrogens with zero attached hydrogens (tertiary/aromatic N) is 2. The Balaban J connectivity index is 1.36. The molecule has 33 heavy (non-hydrogen) atoms. The summed E-state index contributed by atoms with van der Waals surface area (Å²) in [5.74, 6) is -4.83. The number of fused-ring (bicyclic) bond motifs is 1. The first-order valence-corrected chi connectivity index (χ1v) is 9.84. The first-order valence-electron chi connectivity index (χ1n) is 9.84. The average molecular weight is 458 g/mol. The number of hydrogen-bond donors (Lipinski definition) is 2. The van der Waals surface area contributed by atoms with Gasteiger partial charge in [-0.25, -0.2) is 18.2 Å². The predicted molar refractivity (Wildman–Crippen MR) is 111 cm³/mol. The molecule has 1 aliphatic rings. The lowest BCUT2D eigenvalue weighted by atomic mass is 10.2. The van der Waals surface area contributed by atoms with Gasteiger partial charge in [-0.15, -0.1) is 0 Å². The molecule has 2 amide bonds. The van der Waals surface area contributed by atoms with E-state index in [4.69, 9.17) is 4.74 Å². The number of benzene rings is 1. The number of rotatable bonds is 7. The Kier molecular flexibility index (Phi) is 6.11. The number of pyridine rings is 2. The van der Waals surface area contributed by atoms with Gasteiger partial charge in [0, 0.05) is 12.3 Å². The van der Waals surface area contributed by atoms with Crippen LogP contribution in [0.25, 0.3) is 0 Å². The van der Waals surface area contributed by atoms with E-state index in [1.807, 2.05) is 0 Å². The Hall–Kier alpha value is -4.15. The molecule has 8 nitrogen and oxygen atoms in total. The number of nitrogens with one attached hydrogen (secondary N) is 2. The van der Waals surface area contributed by atoms with Crippen LogP contribution in [0.15, 0.2) is 47.5 Å². The van der Waals surface area contributed by atoms with Crippen LogP contribution in [0.1, 0.15) is 21.5 Å². The number of hydrogen-bond acceptors (Lipinski definition) is 5. The van der Waals surface area contributed by atoms with Crippen molar-refractivity contribution in [3.8, 4) is 5.88 Å². The summed E-state index contributed by atoms with van der Waals surface area (Å²) in [6, 6.07) is 5.95. The van der Waals surface area contributed by atoms with Crippen LogP contribution in [0.2, 0.25) is 0 Å². The van der Waals surface area contributed by atoms with Crippen LogP contribution in [0.5, 0.6) is 5.88 Å². The van der Waals surface area contributed by atoms with Gasteiger partial charge in [-0.1, -0.05) is 0 Å². The molecule has 1 aliphatic heterocycles. The number of ether oxygens (including phenoxy) is 1. The Morgan fingerprint density at radius 2 is 1.94 bits per heavy atom. The fourth-order valence-electron chi connectivity index (χ4n) is 3.33. The number of carbonyl (C=O) groups is 2. The highest BCUT2D eigenvalue weighted by atomic mass is 19.2. The third-order valence-electron chi connectivity index (χ3n) is 4.89. The van der Waals surface area contributed by atoms with Crippen molar-refractivity contribution < 1.29 is 27.5 Å². The summed E-state index contributed by atoms with van der Waals surface area (Å²) in [5, 5.41) is 5.20. The van der Waals surface area contributed by atoms with E-state index in [-0.39, 0.29) is 43.2 Å². The zero-order valence-corrected chi connectivity index (χ0v) is 17.0. The average Bonchev–Trinajstić information content (AvgIpc) is 3.15. The molecule has 0 radical (unpaired) electrons. The molecule has 3 heterocycles. The number of amides is 2. The minimum absolute atomic E-state index is 0.0261. The standard InChI is InChI=1S/C22H17F3N4O4/c23-15-6-12(7-16(24)20(15)25)11-29-4-1-2-14(22(29)32)21(31)26-3-5-33-19-9-13-8-18(30)28-17(13)10-27-19/h1-2,4,6-7,9-10H,3,5,8,11H2,(H,26,31)(H,28,30). The second kappa shape index (κ2) is 9.15. The molecule has 170 valence electrons. The predicted octanol–water partition coefficient (Wildman–Crippen LogP) is 2.01. The molecule has 1 aromatic carbocycles. The molecular formula is C22H17F3N4O4. The van der Waals surface area contributed by atoms with E-state index < -0.39 is 28.9 Å². The lowest BCUT2D eigenvalue weighted by Crippen LogP contribution is -2.34. The van der Waals surface area contributed by atoms with Crippen LogP contribution < -0.4 is 20.9 Å². The number of carbonyl (C=O) groups excluding carboxylic acids is 2. The molecule has 0 bridgehead atoms. The van der Waals surface area contributed by atoms with Crippen molar-refractivity contribution in [2.45, 2.75) is 13.0 Å².